The van der Waals surface area contributed by atoms with Gasteiger partial charge in [0.1, 0.15) is 0 Å². The van der Waals surface area contributed by atoms with Crippen LogP contribution in [-0.2, 0) is 9.63 Å². The van der Waals surface area contributed by atoms with E-state index in [1.165, 1.54) is 32.2 Å². The number of hydrogen-bond acceptors (Lipinski definition) is 3. The van der Waals surface area contributed by atoms with Gasteiger partial charge in [0.25, 0.3) is 0 Å². The maximum atomic E-state index is 11.2. The number of amides is 1. The largest absolute Gasteiger partial charge is 0.299 e. The Balaban J connectivity index is 1.89. The molecule has 4 nitrogen and oxygen atoms in total. The van der Waals surface area contributed by atoms with E-state index < -0.39 is 0 Å². The highest BCUT2D eigenvalue weighted by molar-refractivity contribution is 5.77. The van der Waals surface area contributed by atoms with Gasteiger partial charge in [-0.2, -0.15) is 0 Å². The SMILES string of the molecule is CONC(=O)CC1=CC2CCN(C1)C2. The first-order valence-electron chi connectivity index (χ1n) is 5.01. The number of fused-ring (bicyclic) bond motifs is 2. The number of nitrogens with zero attached hydrogens (tertiary/aromatic N) is 1. The van der Waals surface area contributed by atoms with Gasteiger partial charge in [0, 0.05) is 13.1 Å². The van der Waals surface area contributed by atoms with Gasteiger partial charge in [-0.25, -0.2) is 5.48 Å². The van der Waals surface area contributed by atoms with Gasteiger partial charge in [0.05, 0.1) is 13.5 Å². The van der Waals surface area contributed by atoms with Crippen molar-refractivity contribution in [1.29, 1.82) is 0 Å². The summed E-state index contributed by atoms with van der Waals surface area (Å²) in [6.45, 7) is 3.31. The second-order valence-corrected chi connectivity index (χ2v) is 4.01. The van der Waals surface area contributed by atoms with Crippen LogP contribution in [0.1, 0.15) is 12.8 Å². The highest BCUT2D eigenvalue weighted by Crippen LogP contribution is 2.26. The fourth-order valence-corrected chi connectivity index (χ4v) is 2.29. The van der Waals surface area contributed by atoms with Gasteiger partial charge in [-0.3, -0.25) is 14.5 Å². The fourth-order valence-electron chi connectivity index (χ4n) is 2.29. The van der Waals surface area contributed by atoms with E-state index in [9.17, 15) is 4.79 Å². The molecule has 0 radical (unpaired) electrons. The van der Waals surface area contributed by atoms with Crippen molar-refractivity contribution in [2.75, 3.05) is 26.7 Å². The van der Waals surface area contributed by atoms with E-state index in [0.29, 0.717) is 12.3 Å². The summed E-state index contributed by atoms with van der Waals surface area (Å²) in [4.78, 5) is 18.2. The molecule has 0 aliphatic carbocycles. The van der Waals surface area contributed by atoms with Crippen molar-refractivity contribution in [3.63, 3.8) is 0 Å². The number of hydrogen-bond donors (Lipinski definition) is 1. The fraction of sp³-hybridized carbons (Fsp3) is 0.700. The Kier molecular flexibility index (Phi) is 2.84. The lowest BCUT2D eigenvalue weighted by molar-refractivity contribution is -0.130. The number of nitrogens with one attached hydrogen (secondary N) is 1. The molecule has 0 saturated carbocycles. The van der Waals surface area contributed by atoms with E-state index >= 15 is 0 Å². The molecule has 1 amide bonds. The first-order valence-corrected chi connectivity index (χ1v) is 5.01. The lowest BCUT2D eigenvalue weighted by Crippen LogP contribution is -2.29. The van der Waals surface area contributed by atoms with E-state index in [0.717, 1.165) is 6.54 Å². The summed E-state index contributed by atoms with van der Waals surface area (Å²) < 4.78 is 0. The predicted octanol–water partition coefficient (Wildman–Crippen LogP) is 0.316. The smallest absolute Gasteiger partial charge is 0.247 e. The topological polar surface area (TPSA) is 41.6 Å². The maximum Gasteiger partial charge on any atom is 0.247 e. The molecule has 2 aliphatic rings. The van der Waals surface area contributed by atoms with Gasteiger partial charge < -0.3 is 0 Å². The molecule has 1 fully saturated rings. The molecule has 2 atom stereocenters. The Morgan fingerprint density at radius 2 is 2.64 bits per heavy atom. The predicted molar refractivity (Wildman–Crippen MR) is 52.4 cm³/mol. The second-order valence-electron chi connectivity index (χ2n) is 4.01. The number of rotatable bonds is 3. The van der Waals surface area contributed by atoms with E-state index in [2.05, 4.69) is 21.3 Å². The number of carbonyl (C=O) groups excluding carboxylic acids is 1. The first-order chi connectivity index (χ1) is 6.78. The Labute approximate surface area is 83.9 Å². The second kappa shape index (κ2) is 4.11. The number of hydroxylamine groups is 1. The molecule has 4 heteroatoms. The van der Waals surface area contributed by atoms with Crippen LogP contribution in [-0.4, -0.2) is 37.6 Å². The molecule has 2 rings (SSSR count). The van der Waals surface area contributed by atoms with E-state index in [4.69, 9.17) is 0 Å². The normalized spacial score (nSPS) is 29.9. The van der Waals surface area contributed by atoms with Crippen LogP contribution in [0.3, 0.4) is 0 Å². The molecule has 14 heavy (non-hydrogen) atoms. The first kappa shape index (κ1) is 9.68. The summed E-state index contributed by atoms with van der Waals surface area (Å²) in [7, 11) is 1.46. The summed E-state index contributed by atoms with van der Waals surface area (Å²) in [5.41, 5.74) is 3.57. The lowest BCUT2D eigenvalue weighted by atomic mass is 10.0. The Morgan fingerprint density at radius 1 is 1.79 bits per heavy atom. The van der Waals surface area contributed by atoms with Crippen LogP contribution in [0.2, 0.25) is 0 Å². The molecule has 1 N–H and O–H groups in total. The zero-order valence-electron chi connectivity index (χ0n) is 8.45. The summed E-state index contributed by atoms with van der Waals surface area (Å²) in [5.74, 6) is 0.621. The Bertz CT molecular complexity index is 263. The zero-order valence-corrected chi connectivity index (χ0v) is 8.45. The molecule has 2 bridgehead atoms. The van der Waals surface area contributed by atoms with Gasteiger partial charge in [-0.15, -0.1) is 0 Å². The van der Waals surface area contributed by atoms with E-state index in [-0.39, 0.29) is 5.91 Å². The average molecular weight is 196 g/mol. The summed E-state index contributed by atoms with van der Waals surface area (Å²) in [6, 6.07) is 0. The van der Waals surface area contributed by atoms with Crippen molar-refractivity contribution >= 4 is 5.91 Å². The number of carbonyl (C=O) groups is 1. The van der Waals surface area contributed by atoms with Crippen molar-refractivity contribution in [1.82, 2.24) is 10.4 Å². The van der Waals surface area contributed by atoms with E-state index in [1.807, 2.05) is 0 Å². The lowest BCUT2D eigenvalue weighted by Gasteiger charge is -2.22. The van der Waals surface area contributed by atoms with Crippen LogP contribution < -0.4 is 5.48 Å². The monoisotopic (exact) mass is 196 g/mol. The minimum Gasteiger partial charge on any atom is -0.299 e. The van der Waals surface area contributed by atoms with Gasteiger partial charge in [0.2, 0.25) is 5.91 Å². The van der Waals surface area contributed by atoms with Crippen LogP contribution in [0.15, 0.2) is 11.6 Å². The summed E-state index contributed by atoms with van der Waals surface area (Å²) >= 11 is 0. The van der Waals surface area contributed by atoms with Crippen molar-refractivity contribution in [3.05, 3.63) is 11.6 Å². The third-order valence-corrected chi connectivity index (χ3v) is 2.81. The molecule has 1 saturated heterocycles. The minimum absolute atomic E-state index is 0.0544. The quantitative estimate of drug-likeness (QED) is 0.522. The molecule has 2 aliphatic heterocycles. The standard InChI is InChI=1S/C10H16N2O2/c1-14-11-10(13)5-9-4-8-2-3-12(6-8)7-9/h4,8H,2-3,5-7H2,1H3,(H,11,13). The molecule has 0 aromatic carbocycles. The van der Waals surface area contributed by atoms with Gasteiger partial charge >= 0.3 is 0 Å². The maximum absolute atomic E-state index is 11.2. The average Bonchev–Trinajstić information content (AvgIpc) is 2.46. The van der Waals surface area contributed by atoms with Gasteiger partial charge in [-0.05, 0) is 18.9 Å². The van der Waals surface area contributed by atoms with Crippen molar-refractivity contribution in [3.8, 4) is 0 Å². The third-order valence-electron chi connectivity index (χ3n) is 2.81. The summed E-state index contributed by atoms with van der Waals surface area (Å²) in [6.07, 6.45) is 3.98. The van der Waals surface area contributed by atoms with E-state index in [1.54, 1.807) is 0 Å². The van der Waals surface area contributed by atoms with Crippen LogP contribution in [0, 0.1) is 5.92 Å². The Morgan fingerprint density at radius 3 is 3.36 bits per heavy atom. The van der Waals surface area contributed by atoms with Crippen LogP contribution >= 0.6 is 0 Å². The highest BCUT2D eigenvalue weighted by Gasteiger charge is 2.26. The van der Waals surface area contributed by atoms with Crippen molar-refractivity contribution in [2.45, 2.75) is 12.8 Å². The molecular formula is C10H16N2O2. The highest BCUT2D eigenvalue weighted by atomic mass is 16.6. The van der Waals surface area contributed by atoms with Gasteiger partial charge in [-0.1, -0.05) is 11.6 Å². The van der Waals surface area contributed by atoms with Gasteiger partial charge in [0.15, 0.2) is 0 Å². The minimum atomic E-state index is -0.0544. The molecular weight excluding hydrogens is 180 g/mol. The molecule has 0 aromatic rings. The van der Waals surface area contributed by atoms with Crippen LogP contribution in [0.25, 0.3) is 0 Å². The molecule has 78 valence electrons. The Hall–Kier alpha value is -0.870. The van der Waals surface area contributed by atoms with Crippen molar-refractivity contribution < 1.29 is 9.63 Å². The molecule has 2 heterocycles. The van der Waals surface area contributed by atoms with Crippen LogP contribution in [0.4, 0.5) is 0 Å². The third kappa shape index (κ3) is 2.13. The van der Waals surface area contributed by atoms with Crippen molar-refractivity contribution in [2.24, 2.45) is 5.92 Å². The summed E-state index contributed by atoms with van der Waals surface area (Å²) in [5, 5.41) is 0. The molecule has 0 spiro atoms. The molecule has 2 unspecified atom stereocenters. The molecule has 0 aromatic heterocycles. The zero-order chi connectivity index (χ0) is 9.97. The van der Waals surface area contributed by atoms with Crippen LogP contribution in [0.5, 0.6) is 0 Å².